The average Bonchev–Trinajstić information content (AvgIpc) is 2.68. The van der Waals surface area contributed by atoms with E-state index in [4.69, 9.17) is 9.47 Å². The average molecular weight is 342 g/mol. The maximum absolute atomic E-state index is 12.0. The van der Waals surface area contributed by atoms with E-state index in [9.17, 15) is 10.1 Å². The topological polar surface area (TPSA) is 62.6 Å². The van der Waals surface area contributed by atoms with Crippen LogP contribution >= 0.6 is 0 Å². The number of nitriles is 1. The van der Waals surface area contributed by atoms with E-state index >= 15 is 0 Å². The number of esters is 1. The van der Waals surface area contributed by atoms with Crippen LogP contribution in [0.2, 0.25) is 0 Å². The summed E-state index contributed by atoms with van der Waals surface area (Å²) in [6.45, 7) is 3.15. The molecule has 5 nitrogen and oxygen atoms in total. The summed E-state index contributed by atoms with van der Waals surface area (Å²) in [6.07, 6.45) is 4.34. The highest BCUT2D eigenvalue weighted by atomic mass is 16.5. The maximum atomic E-state index is 12.0. The molecule has 1 aromatic carbocycles. The smallest absolute Gasteiger partial charge is 0.313 e. The van der Waals surface area contributed by atoms with E-state index in [1.54, 1.807) is 0 Å². The number of para-hydroxylation sites is 1. The molecule has 0 aliphatic carbocycles. The summed E-state index contributed by atoms with van der Waals surface area (Å²) >= 11 is 0. The minimum Gasteiger partial charge on any atom is -0.469 e. The molecular weight excluding hydrogens is 316 g/mol. The van der Waals surface area contributed by atoms with Gasteiger partial charge in [0, 0.05) is 32.0 Å². The van der Waals surface area contributed by atoms with Crippen molar-refractivity contribution in [1.29, 1.82) is 5.26 Å². The van der Waals surface area contributed by atoms with E-state index in [-0.39, 0.29) is 17.3 Å². The number of rotatable bonds is 5. The second kappa shape index (κ2) is 7.88. The third kappa shape index (κ3) is 3.80. The lowest BCUT2D eigenvalue weighted by atomic mass is 9.78. The van der Waals surface area contributed by atoms with Gasteiger partial charge in [0.2, 0.25) is 0 Å². The monoisotopic (exact) mass is 342 g/mol. The summed E-state index contributed by atoms with van der Waals surface area (Å²) in [7, 11) is 1.45. The minimum atomic E-state index is -0.220. The van der Waals surface area contributed by atoms with Gasteiger partial charge in [-0.05, 0) is 43.7 Å². The van der Waals surface area contributed by atoms with Crippen LogP contribution in [0.15, 0.2) is 24.3 Å². The van der Waals surface area contributed by atoms with E-state index in [1.807, 2.05) is 18.2 Å². The van der Waals surface area contributed by atoms with Crippen molar-refractivity contribution in [2.45, 2.75) is 38.0 Å². The second-order valence-corrected chi connectivity index (χ2v) is 7.02. The largest absolute Gasteiger partial charge is 0.469 e. The Morgan fingerprint density at radius 3 is 2.88 bits per heavy atom. The van der Waals surface area contributed by atoms with Gasteiger partial charge < -0.3 is 14.4 Å². The fraction of sp³-hybridized carbons (Fsp3) is 0.600. The Morgan fingerprint density at radius 1 is 1.40 bits per heavy atom. The Bertz CT molecular complexity index is 647. The molecule has 5 heteroatoms. The quantitative estimate of drug-likeness (QED) is 0.769. The number of nitrogens with zero attached hydrogens (tertiary/aromatic N) is 2. The van der Waals surface area contributed by atoms with Crippen LogP contribution in [0.3, 0.4) is 0 Å². The van der Waals surface area contributed by atoms with Crippen molar-refractivity contribution < 1.29 is 14.3 Å². The van der Waals surface area contributed by atoms with Crippen molar-refractivity contribution in [3.8, 4) is 6.07 Å². The van der Waals surface area contributed by atoms with Crippen molar-refractivity contribution in [3.05, 3.63) is 29.8 Å². The van der Waals surface area contributed by atoms with Gasteiger partial charge in [0.25, 0.3) is 0 Å². The third-order valence-corrected chi connectivity index (χ3v) is 5.60. The van der Waals surface area contributed by atoms with Crippen LogP contribution in [-0.4, -0.2) is 39.4 Å². The van der Waals surface area contributed by atoms with Crippen LogP contribution < -0.4 is 4.90 Å². The lowest BCUT2D eigenvalue weighted by Crippen LogP contribution is -2.35. The van der Waals surface area contributed by atoms with Gasteiger partial charge in [-0.3, -0.25) is 4.79 Å². The Balaban J connectivity index is 1.65. The molecule has 3 rings (SSSR count). The lowest BCUT2D eigenvalue weighted by Gasteiger charge is -2.36. The lowest BCUT2D eigenvalue weighted by molar-refractivity contribution is -0.142. The van der Waals surface area contributed by atoms with Gasteiger partial charge >= 0.3 is 5.97 Å². The number of methoxy groups -OCH3 is 1. The number of anilines is 1. The van der Waals surface area contributed by atoms with E-state index in [2.05, 4.69) is 17.0 Å². The van der Waals surface area contributed by atoms with Gasteiger partial charge in [0.05, 0.1) is 24.5 Å². The zero-order valence-electron chi connectivity index (χ0n) is 14.9. The Hall–Kier alpha value is -2.06. The molecule has 0 spiro atoms. The molecule has 1 fully saturated rings. The predicted molar refractivity (Wildman–Crippen MR) is 95.4 cm³/mol. The molecule has 2 aliphatic heterocycles. The van der Waals surface area contributed by atoms with E-state index in [0.29, 0.717) is 13.2 Å². The van der Waals surface area contributed by atoms with E-state index in [1.165, 1.54) is 7.11 Å². The Kier molecular flexibility index (Phi) is 5.60. The molecule has 0 bridgehead atoms. The summed E-state index contributed by atoms with van der Waals surface area (Å²) in [4.78, 5) is 14.4. The van der Waals surface area contributed by atoms with Crippen molar-refractivity contribution in [3.63, 3.8) is 0 Å². The molecule has 1 atom stereocenters. The molecule has 25 heavy (non-hydrogen) atoms. The highest BCUT2D eigenvalue weighted by Crippen LogP contribution is 2.38. The number of carbonyl (C=O) groups excluding carboxylic acids is 1. The van der Waals surface area contributed by atoms with Gasteiger partial charge in [-0.2, -0.15) is 5.26 Å². The van der Waals surface area contributed by atoms with Crippen molar-refractivity contribution in [1.82, 2.24) is 0 Å². The van der Waals surface area contributed by atoms with Crippen molar-refractivity contribution >= 4 is 11.7 Å². The van der Waals surface area contributed by atoms with Crippen molar-refractivity contribution in [2.24, 2.45) is 5.41 Å². The van der Waals surface area contributed by atoms with Crippen LogP contribution in [0.1, 0.15) is 43.6 Å². The first-order valence-electron chi connectivity index (χ1n) is 9.10. The number of ether oxygens (including phenoxy) is 2. The van der Waals surface area contributed by atoms with Gasteiger partial charge in [-0.25, -0.2) is 0 Å². The fourth-order valence-electron chi connectivity index (χ4n) is 4.04. The van der Waals surface area contributed by atoms with E-state index in [0.717, 1.165) is 56.4 Å². The van der Waals surface area contributed by atoms with Gasteiger partial charge in [-0.15, -0.1) is 0 Å². The normalized spacial score (nSPS) is 21.9. The SMILES string of the molecule is COC(=O)[C@@H]1CCN(CCCC2(C#N)CCOCC2)c2ccccc21. The summed E-state index contributed by atoms with van der Waals surface area (Å²) in [5, 5.41) is 9.59. The summed E-state index contributed by atoms with van der Waals surface area (Å²) in [5.41, 5.74) is 1.96. The summed E-state index contributed by atoms with van der Waals surface area (Å²) in [6, 6.07) is 10.6. The minimum absolute atomic E-state index is 0.155. The molecule has 1 saturated heterocycles. The number of fused-ring (bicyclic) bond motifs is 1. The molecule has 0 unspecified atom stereocenters. The van der Waals surface area contributed by atoms with Crippen molar-refractivity contribution in [2.75, 3.05) is 38.3 Å². The Morgan fingerprint density at radius 2 is 2.16 bits per heavy atom. The Labute approximate surface area is 149 Å². The molecule has 2 heterocycles. The van der Waals surface area contributed by atoms with Gasteiger partial charge in [-0.1, -0.05) is 18.2 Å². The first kappa shape index (κ1) is 17.8. The number of hydrogen-bond donors (Lipinski definition) is 0. The molecule has 0 N–H and O–H groups in total. The maximum Gasteiger partial charge on any atom is 0.313 e. The zero-order valence-corrected chi connectivity index (χ0v) is 14.9. The predicted octanol–water partition coefficient (Wildman–Crippen LogP) is 3.25. The molecule has 0 saturated carbocycles. The first-order valence-corrected chi connectivity index (χ1v) is 9.10. The van der Waals surface area contributed by atoms with Gasteiger partial charge in [0.15, 0.2) is 0 Å². The molecule has 134 valence electrons. The molecule has 0 radical (unpaired) electrons. The van der Waals surface area contributed by atoms with Crippen LogP contribution in [0.5, 0.6) is 0 Å². The van der Waals surface area contributed by atoms with E-state index < -0.39 is 0 Å². The van der Waals surface area contributed by atoms with Crippen LogP contribution in [0.4, 0.5) is 5.69 Å². The van der Waals surface area contributed by atoms with Gasteiger partial charge in [0.1, 0.15) is 0 Å². The summed E-state index contributed by atoms with van der Waals surface area (Å²) < 4.78 is 10.4. The molecule has 0 amide bonds. The zero-order chi connectivity index (χ0) is 17.7. The number of hydrogen-bond acceptors (Lipinski definition) is 5. The molecule has 1 aromatic rings. The first-order chi connectivity index (χ1) is 12.2. The standard InChI is InChI=1S/C20H26N2O3/c1-24-19(23)17-7-12-22(18-6-3-2-5-16(17)18)11-4-8-20(15-21)9-13-25-14-10-20/h2-3,5-6,17H,4,7-14H2,1H3/t17-/m1/s1. The van der Waals surface area contributed by atoms with Crippen LogP contribution in [0, 0.1) is 16.7 Å². The van der Waals surface area contributed by atoms with Crippen LogP contribution in [0.25, 0.3) is 0 Å². The fourth-order valence-corrected chi connectivity index (χ4v) is 4.04. The molecule has 2 aliphatic rings. The van der Waals surface area contributed by atoms with Crippen LogP contribution in [-0.2, 0) is 14.3 Å². The molecule has 0 aromatic heterocycles. The third-order valence-electron chi connectivity index (χ3n) is 5.60. The second-order valence-electron chi connectivity index (χ2n) is 7.02. The summed E-state index contributed by atoms with van der Waals surface area (Å²) in [5.74, 6) is -0.323. The highest BCUT2D eigenvalue weighted by molar-refractivity contribution is 5.81. The highest BCUT2D eigenvalue weighted by Gasteiger charge is 2.33. The molecular formula is C20H26N2O3. The number of benzene rings is 1. The number of carbonyl (C=O) groups is 1.